The molecule has 0 bridgehead atoms. The number of aromatic amines is 1. The molecule has 0 saturated carbocycles. The van der Waals surface area contributed by atoms with Crippen molar-refractivity contribution in [1.82, 2.24) is 15.1 Å². The maximum absolute atomic E-state index is 11.7. The summed E-state index contributed by atoms with van der Waals surface area (Å²) in [6.45, 7) is 6.86. The molecule has 0 spiro atoms. The van der Waals surface area contributed by atoms with Gasteiger partial charge in [-0.15, -0.1) is 0 Å². The molecule has 2 N–H and O–H groups in total. The molecule has 0 unspecified atom stereocenters. The van der Waals surface area contributed by atoms with Crippen LogP contribution in [0.25, 0.3) is 0 Å². The van der Waals surface area contributed by atoms with Gasteiger partial charge in [-0.3, -0.25) is 14.7 Å². The lowest BCUT2D eigenvalue weighted by molar-refractivity contribution is -0.141. The Hall–Kier alpha value is -1.85. The van der Waals surface area contributed by atoms with Gasteiger partial charge in [0.15, 0.2) is 0 Å². The zero-order valence-corrected chi connectivity index (χ0v) is 11.4. The zero-order chi connectivity index (χ0) is 14.2. The van der Waals surface area contributed by atoms with E-state index in [-0.39, 0.29) is 24.3 Å². The number of amides is 1. The van der Waals surface area contributed by atoms with Gasteiger partial charge in [-0.1, -0.05) is 20.8 Å². The highest BCUT2D eigenvalue weighted by atomic mass is 16.4. The van der Waals surface area contributed by atoms with Crippen molar-refractivity contribution in [1.29, 1.82) is 0 Å². The van der Waals surface area contributed by atoms with Crippen LogP contribution in [0.3, 0.4) is 0 Å². The van der Waals surface area contributed by atoms with Gasteiger partial charge in [0.1, 0.15) is 0 Å². The number of hydrogen-bond acceptors (Lipinski definition) is 3. The Balaban J connectivity index is 2.04. The first kappa shape index (κ1) is 13.6. The van der Waals surface area contributed by atoms with Gasteiger partial charge < -0.3 is 10.0 Å². The fraction of sp³-hybridized carbons (Fsp3) is 0.615. The van der Waals surface area contributed by atoms with Crippen molar-refractivity contribution >= 4 is 11.9 Å². The Kier molecular flexibility index (Phi) is 3.34. The third-order valence-electron chi connectivity index (χ3n) is 3.32. The van der Waals surface area contributed by atoms with E-state index in [9.17, 15) is 9.59 Å². The first-order valence-corrected chi connectivity index (χ1v) is 6.32. The van der Waals surface area contributed by atoms with Crippen molar-refractivity contribution in [2.24, 2.45) is 5.92 Å². The molecule has 1 aliphatic heterocycles. The number of carbonyl (C=O) groups excluding carboxylic acids is 1. The maximum Gasteiger partial charge on any atom is 0.308 e. The van der Waals surface area contributed by atoms with Crippen LogP contribution >= 0.6 is 0 Å². The lowest BCUT2D eigenvalue weighted by atomic mass is 9.92. The summed E-state index contributed by atoms with van der Waals surface area (Å²) in [5, 5.41) is 16.1. The molecule has 2 rings (SSSR count). The fourth-order valence-corrected chi connectivity index (χ4v) is 2.12. The van der Waals surface area contributed by atoms with Gasteiger partial charge >= 0.3 is 5.97 Å². The second-order valence-electron chi connectivity index (χ2n) is 6.04. The van der Waals surface area contributed by atoms with E-state index in [1.165, 1.54) is 0 Å². The zero-order valence-electron chi connectivity index (χ0n) is 11.4. The number of nitrogens with zero attached hydrogens (tertiary/aromatic N) is 2. The summed E-state index contributed by atoms with van der Waals surface area (Å²) >= 11 is 0. The molecule has 1 amide bonds. The molecular weight excluding hydrogens is 246 g/mol. The molecule has 1 fully saturated rings. The lowest BCUT2D eigenvalue weighted by Gasteiger charge is -2.15. The minimum Gasteiger partial charge on any atom is -0.481 e. The number of rotatable bonds is 3. The molecule has 0 aromatic carbocycles. The largest absolute Gasteiger partial charge is 0.481 e. The van der Waals surface area contributed by atoms with Crippen molar-refractivity contribution in [3.63, 3.8) is 0 Å². The van der Waals surface area contributed by atoms with Crippen molar-refractivity contribution in [3.8, 4) is 0 Å². The third-order valence-corrected chi connectivity index (χ3v) is 3.32. The number of hydrogen-bond donors (Lipinski definition) is 2. The van der Waals surface area contributed by atoms with Crippen LogP contribution in [-0.4, -0.2) is 38.6 Å². The average molecular weight is 265 g/mol. The monoisotopic (exact) mass is 265 g/mol. The summed E-state index contributed by atoms with van der Waals surface area (Å²) in [5.41, 5.74) is 1.72. The Morgan fingerprint density at radius 1 is 1.58 bits per heavy atom. The molecule has 1 aliphatic rings. The molecule has 19 heavy (non-hydrogen) atoms. The van der Waals surface area contributed by atoms with E-state index < -0.39 is 11.9 Å². The van der Waals surface area contributed by atoms with Gasteiger partial charge in [0.05, 0.1) is 23.9 Å². The van der Waals surface area contributed by atoms with Crippen molar-refractivity contribution in [3.05, 3.63) is 17.5 Å². The number of carbonyl (C=O) groups is 2. The van der Waals surface area contributed by atoms with Crippen LogP contribution in [0.5, 0.6) is 0 Å². The molecule has 1 atom stereocenters. The van der Waals surface area contributed by atoms with Gasteiger partial charge in [-0.2, -0.15) is 5.10 Å². The Labute approximate surface area is 111 Å². The molecular formula is C13H19N3O3. The van der Waals surface area contributed by atoms with E-state index in [1.807, 2.05) is 6.07 Å². The second kappa shape index (κ2) is 4.68. The molecule has 1 aromatic heterocycles. The van der Waals surface area contributed by atoms with Crippen LogP contribution in [0.4, 0.5) is 0 Å². The van der Waals surface area contributed by atoms with E-state index in [2.05, 4.69) is 31.0 Å². The molecule has 6 heteroatoms. The molecule has 104 valence electrons. The fourth-order valence-electron chi connectivity index (χ4n) is 2.12. The van der Waals surface area contributed by atoms with Gasteiger partial charge in [0.25, 0.3) is 0 Å². The topological polar surface area (TPSA) is 86.3 Å². The minimum absolute atomic E-state index is 0.0482. The van der Waals surface area contributed by atoms with E-state index in [0.717, 1.165) is 11.4 Å². The Bertz CT molecular complexity index is 501. The Morgan fingerprint density at radius 3 is 2.74 bits per heavy atom. The maximum atomic E-state index is 11.7. The van der Waals surface area contributed by atoms with E-state index in [0.29, 0.717) is 6.54 Å². The minimum atomic E-state index is -0.907. The van der Waals surface area contributed by atoms with Crippen LogP contribution < -0.4 is 0 Å². The van der Waals surface area contributed by atoms with Crippen molar-refractivity contribution < 1.29 is 14.7 Å². The summed E-state index contributed by atoms with van der Waals surface area (Å²) in [7, 11) is 0. The molecule has 6 nitrogen and oxygen atoms in total. The van der Waals surface area contributed by atoms with Crippen LogP contribution in [0.15, 0.2) is 6.07 Å². The summed E-state index contributed by atoms with van der Waals surface area (Å²) in [6, 6.07) is 1.93. The van der Waals surface area contributed by atoms with Crippen LogP contribution in [0, 0.1) is 5.92 Å². The van der Waals surface area contributed by atoms with E-state index in [4.69, 9.17) is 5.11 Å². The first-order chi connectivity index (χ1) is 8.77. The number of likely N-dealkylation sites (tertiary alicyclic amines) is 1. The number of H-pyrrole nitrogens is 1. The van der Waals surface area contributed by atoms with Crippen molar-refractivity contribution in [2.75, 3.05) is 6.54 Å². The molecule has 1 saturated heterocycles. The second-order valence-corrected chi connectivity index (χ2v) is 6.04. The highest BCUT2D eigenvalue weighted by Gasteiger charge is 2.34. The summed E-state index contributed by atoms with van der Waals surface area (Å²) < 4.78 is 0. The SMILES string of the molecule is CC(C)(C)c1cc(CN2C[C@@H](C(=O)O)CC2=O)[nH]n1. The van der Waals surface area contributed by atoms with Gasteiger partial charge in [0, 0.05) is 18.4 Å². The smallest absolute Gasteiger partial charge is 0.308 e. The summed E-state index contributed by atoms with van der Waals surface area (Å²) in [5.74, 6) is -1.60. The standard InChI is InChI=1S/C13H19N3O3/c1-13(2,3)10-5-9(14-15-10)7-16-6-8(12(18)19)4-11(16)17/h5,8H,4,6-7H2,1-3H3,(H,14,15)(H,18,19)/t8-/m0/s1. The van der Waals surface area contributed by atoms with Gasteiger partial charge in [-0.25, -0.2) is 0 Å². The Morgan fingerprint density at radius 2 is 2.26 bits per heavy atom. The van der Waals surface area contributed by atoms with E-state index >= 15 is 0 Å². The number of aliphatic carboxylic acids is 1. The molecule has 0 aliphatic carbocycles. The number of aromatic nitrogens is 2. The quantitative estimate of drug-likeness (QED) is 0.858. The normalized spacial score (nSPS) is 20.1. The van der Waals surface area contributed by atoms with Crippen molar-refractivity contribution in [2.45, 2.75) is 39.2 Å². The lowest BCUT2D eigenvalue weighted by Crippen LogP contribution is -2.25. The predicted molar refractivity (Wildman–Crippen MR) is 68.4 cm³/mol. The third kappa shape index (κ3) is 2.94. The molecule has 0 radical (unpaired) electrons. The number of carboxylic acids is 1. The number of nitrogens with one attached hydrogen (secondary N) is 1. The van der Waals surface area contributed by atoms with Gasteiger partial charge in [-0.05, 0) is 6.07 Å². The number of carboxylic acid groups (broad SMARTS) is 1. The average Bonchev–Trinajstić information content (AvgIpc) is 2.86. The van der Waals surface area contributed by atoms with E-state index in [1.54, 1.807) is 4.90 Å². The highest BCUT2D eigenvalue weighted by Crippen LogP contribution is 2.23. The van der Waals surface area contributed by atoms with Crippen LogP contribution in [0.1, 0.15) is 38.6 Å². The molecule has 1 aromatic rings. The summed E-state index contributed by atoms with van der Waals surface area (Å²) in [4.78, 5) is 24.2. The van der Waals surface area contributed by atoms with Crippen LogP contribution in [-0.2, 0) is 21.5 Å². The highest BCUT2D eigenvalue weighted by molar-refractivity contribution is 5.86. The summed E-state index contributed by atoms with van der Waals surface area (Å²) in [6.07, 6.45) is 0.0929. The first-order valence-electron chi connectivity index (χ1n) is 6.32. The molecule has 2 heterocycles. The van der Waals surface area contributed by atoms with Gasteiger partial charge in [0.2, 0.25) is 5.91 Å². The predicted octanol–water partition coefficient (Wildman–Crippen LogP) is 1.14. The van der Waals surface area contributed by atoms with Crippen LogP contribution in [0.2, 0.25) is 0 Å².